The minimum absolute atomic E-state index is 0.258. The molecule has 3 nitrogen and oxygen atoms in total. The second kappa shape index (κ2) is 7.64. The Hall–Kier alpha value is -1.64. The summed E-state index contributed by atoms with van der Waals surface area (Å²) in [5.41, 5.74) is 2.11. The van der Waals surface area contributed by atoms with Gasteiger partial charge in [-0.15, -0.1) is 0 Å². The summed E-state index contributed by atoms with van der Waals surface area (Å²) in [7, 11) is 0. The average Bonchev–Trinajstić information content (AvgIpc) is 2.37. The van der Waals surface area contributed by atoms with Crippen LogP contribution in [-0.4, -0.2) is 17.6 Å². The van der Waals surface area contributed by atoms with Crippen molar-refractivity contribution in [3.63, 3.8) is 0 Å². The zero-order valence-electron chi connectivity index (χ0n) is 11.3. The second-order valence-electron chi connectivity index (χ2n) is 4.31. The fourth-order valence-electron chi connectivity index (χ4n) is 1.91. The van der Waals surface area contributed by atoms with E-state index in [1.165, 1.54) is 0 Å². The zero-order chi connectivity index (χ0) is 13.4. The quantitative estimate of drug-likeness (QED) is 0.570. The van der Waals surface area contributed by atoms with E-state index in [-0.39, 0.29) is 5.97 Å². The summed E-state index contributed by atoms with van der Waals surface area (Å²) < 4.78 is 4.90. The van der Waals surface area contributed by atoms with Crippen molar-refractivity contribution in [2.75, 3.05) is 6.61 Å². The first-order valence-corrected chi connectivity index (χ1v) is 6.42. The van der Waals surface area contributed by atoms with Crippen molar-refractivity contribution in [2.45, 2.75) is 39.5 Å². The maximum Gasteiger partial charge on any atom is 0.330 e. The molecule has 0 aliphatic rings. The first kappa shape index (κ1) is 14.4. The van der Waals surface area contributed by atoms with E-state index < -0.39 is 0 Å². The van der Waals surface area contributed by atoms with Gasteiger partial charge in [0.2, 0.25) is 0 Å². The van der Waals surface area contributed by atoms with Crippen molar-refractivity contribution in [3.8, 4) is 0 Å². The first-order valence-electron chi connectivity index (χ1n) is 6.42. The van der Waals surface area contributed by atoms with Gasteiger partial charge in [-0.05, 0) is 38.8 Å². The fourth-order valence-corrected chi connectivity index (χ4v) is 1.91. The summed E-state index contributed by atoms with van der Waals surface area (Å²) in [6.07, 6.45) is 5.23. The number of nitrogens with zero attached hydrogens (tertiary/aromatic N) is 1. The van der Waals surface area contributed by atoms with E-state index in [9.17, 15) is 4.79 Å². The molecular formula is C15H21NO2. The fraction of sp³-hybridized carbons (Fsp3) is 0.467. The van der Waals surface area contributed by atoms with Gasteiger partial charge in [0, 0.05) is 23.9 Å². The minimum atomic E-state index is -0.258. The molecular weight excluding hydrogens is 226 g/mol. The van der Waals surface area contributed by atoms with Crippen LogP contribution in [0.25, 0.3) is 0 Å². The summed E-state index contributed by atoms with van der Waals surface area (Å²) in [6, 6.07) is 5.94. The lowest BCUT2D eigenvalue weighted by molar-refractivity contribution is -0.137. The van der Waals surface area contributed by atoms with Crippen LogP contribution in [0.2, 0.25) is 0 Å². The Morgan fingerprint density at radius 1 is 1.44 bits per heavy atom. The molecule has 1 aromatic heterocycles. The van der Waals surface area contributed by atoms with E-state index in [4.69, 9.17) is 4.74 Å². The van der Waals surface area contributed by atoms with Crippen molar-refractivity contribution in [1.29, 1.82) is 0 Å². The Bertz CT molecular complexity index is 398. The van der Waals surface area contributed by atoms with Crippen LogP contribution in [-0.2, 0) is 9.53 Å². The maximum atomic E-state index is 11.3. The molecule has 98 valence electrons. The Labute approximate surface area is 109 Å². The molecule has 0 saturated heterocycles. The normalized spacial score (nSPS) is 13.2. The number of pyridine rings is 1. The van der Waals surface area contributed by atoms with E-state index in [2.05, 4.69) is 11.9 Å². The first-order chi connectivity index (χ1) is 8.67. The van der Waals surface area contributed by atoms with Crippen LogP contribution in [0.15, 0.2) is 36.0 Å². The summed E-state index contributed by atoms with van der Waals surface area (Å²) in [6.45, 7) is 6.32. The third-order valence-corrected chi connectivity index (χ3v) is 2.82. The highest BCUT2D eigenvalue weighted by molar-refractivity contribution is 5.82. The summed E-state index contributed by atoms with van der Waals surface area (Å²) in [5, 5.41) is 0. The molecule has 1 aromatic rings. The van der Waals surface area contributed by atoms with Crippen molar-refractivity contribution >= 4 is 5.97 Å². The molecule has 0 radical (unpaired) electrons. The Kier molecular flexibility index (Phi) is 6.12. The number of ether oxygens (including phenoxy) is 1. The molecule has 0 saturated carbocycles. The molecule has 1 rings (SSSR count). The standard InChI is InChI=1S/C15H21NO2/c1-4-13(14-8-6-7-9-16-14)10-12(3)11-15(17)18-5-2/h6-9,11,13H,4-5,10H2,1-3H3. The molecule has 0 amide bonds. The number of carbonyl (C=O) groups is 1. The van der Waals surface area contributed by atoms with Crippen molar-refractivity contribution in [2.24, 2.45) is 0 Å². The smallest absolute Gasteiger partial charge is 0.330 e. The highest BCUT2D eigenvalue weighted by atomic mass is 16.5. The van der Waals surface area contributed by atoms with Gasteiger partial charge in [0.1, 0.15) is 0 Å². The van der Waals surface area contributed by atoms with Crippen molar-refractivity contribution in [3.05, 3.63) is 41.7 Å². The molecule has 18 heavy (non-hydrogen) atoms. The summed E-state index contributed by atoms with van der Waals surface area (Å²) in [4.78, 5) is 15.7. The van der Waals surface area contributed by atoms with E-state index >= 15 is 0 Å². The molecule has 0 N–H and O–H groups in total. The average molecular weight is 247 g/mol. The van der Waals surface area contributed by atoms with Crippen LogP contribution >= 0.6 is 0 Å². The van der Waals surface area contributed by atoms with E-state index in [0.717, 1.165) is 24.1 Å². The molecule has 0 aromatic carbocycles. The van der Waals surface area contributed by atoms with E-state index in [0.29, 0.717) is 12.5 Å². The SMILES string of the molecule is CCOC(=O)C=C(C)CC(CC)c1ccccn1. The molecule has 3 heteroatoms. The van der Waals surface area contributed by atoms with Gasteiger partial charge in [0.25, 0.3) is 0 Å². The van der Waals surface area contributed by atoms with Gasteiger partial charge in [-0.3, -0.25) is 4.98 Å². The molecule has 0 bridgehead atoms. The van der Waals surface area contributed by atoms with Gasteiger partial charge in [0.15, 0.2) is 0 Å². The molecule has 1 unspecified atom stereocenters. The van der Waals surface area contributed by atoms with Crippen LogP contribution < -0.4 is 0 Å². The topological polar surface area (TPSA) is 39.2 Å². The third-order valence-electron chi connectivity index (χ3n) is 2.82. The van der Waals surface area contributed by atoms with Crippen LogP contribution in [0.1, 0.15) is 45.2 Å². The van der Waals surface area contributed by atoms with Gasteiger partial charge < -0.3 is 4.74 Å². The van der Waals surface area contributed by atoms with Crippen molar-refractivity contribution < 1.29 is 9.53 Å². The van der Waals surface area contributed by atoms with Gasteiger partial charge in [-0.25, -0.2) is 4.79 Å². The van der Waals surface area contributed by atoms with Gasteiger partial charge >= 0.3 is 5.97 Å². The predicted octanol–water partition coefficient (Wildman–Crippen LogP) is 3.47. The Morgan fingerprint density at radius 3 is 2.78 bits per heavy atom. The molecule has 0 spiro atoms. The van der Waals surface area contributed by atoms with E-state index in [1.54, 1.807) is 6.08 Å². The van der Waals surface area contributed by atoms with Gasteiger partial charge in [-0.2, -0.15) is 0 Å². The largest absolute Gasteiger partial charge is 0.463 e. The summed E-state index contributed by atoms with van der Waals surface area (Å²) in [5.74, 6) is 0.0998. The number of rotatable bonds is 6. The molecule has 0 fully saturated rings. The van der Waals surface area contributed by atoms with Gasteiger partial charge in [-0.1, -0.05) is 18.6 Å². The lowest BCUT2D eigenvalue weighted by Gasteiger charge is -2.14. The Morgan fingerprint density at radius 2 is 2.22 bits per heavy atom. The van der Waals surface area contributed by atoms with Gasteiger partial charge in [0.05, 0.1) is 6.61 Å². The molecule has 1 heterocycles. The lowest BCUT2D eigenvalue weighted by atomic mass is 9.94. The minimum Gasteiger partial charge on any atom is -0.463 e. The summed E-state index contributed by atoms with van der Waals surface area (Å²) >= 11 is 0. The number of hydrogen-bond donors (Lipinski definition) is 0. The molecule has 0 aliphatic carbocycles. The monoisotopic (exact) mass is 247 g/mol. The van der Waals surface area contributed by atoms with Crippen LogP contribution in [0.3, 0.4) is 0 Å². The van der Waals surface area contributed by atoms with Crippen molar-refractivity contribution in [1.82, 2.24) is 4.98 Å². The predicted molar refractivity (Wildman–Crippen MR) is 72.3 cm³/mol. The number of carbonyl (C=O) groups excluding carboxylic acids is 1. The third kappa shape index (κ3) is 4.70. The number of aromatic nitrogens is 1. The second-order valence-corrected chi connectivity index (χ2v) is 4.31. The van der Waals surface area contributed by atoms with Crippen LogP contribution in [0, 0.1) is 0 Å². The van der Waals surface area contributed by atoms with Crippen LogP contribution in [0.5, 0.6) is 0 Å². The maximum absolute atomic E-state index is 11.3. The Balaban J connectivity index is 2.66. The molecule has 0 aliphatic heterocycles. The molecule has 1 atom stereocenters. The van der Waals surface area contributed by atoms with E-state index in [1.807, 2.05) is 38.2 Å². The number of allylic oxidation sites excluding steroid dienone is 1. The van der Waals surface area contributed by atoms with Crippen LogP contribution in [0.4, 0.5) is 0 Å². The highest BCUT2D eigenvalue weighted by Gasteiger charge is 2.11. The lowest BCUT2D eigenvalue weighted by Crippen LogP contribution is -2.04. The highest BCUT2D eigenvalue weighted by Crippen LogP contribution is 2.24. The number of hydrogen-bond acceptors (Lipinski definition) is 3. The zero-order valence-corrected chi connectivity index (χ0v) is 11.3. The number of esters is 1.